The first-order chi connectivity index (χ1) is 6.11. The quantitative estimate of drug-likeness (QED) is 0.533. The van der Waals surface area contributed by atoms with Crippen LogP contribution in [0.15, 0.2) is 0 Å². The lowest BCUT2D eigenvalue weighted by atomic mass is 10.2. The van der Waals surface area contributed by atoms with E-state index in [1.807, 2.05) is 0 Å². The number of carbonyl (C=O) groups excluding carboxylic acids is 1. The normalized spacial score (nSPS) is 17.9. The molecule has 74 valence electrons. The Morgan fingerprint density at radius 2 is 2.08 bits per heavy atom. The van der Waals surface area contributed by atoms with E-state index in [1.54, 1.807) is 0 Å². The highest BCUT2D eigenvalue weighted by molar-refractivity contribution is 5.80. The summed E-state index contributed by atoms with van der Waals surface area (Å²) >= 11 is 0. The molecule has 0 aromatic heterocycles. The summed E-state index contributed by atoms with van der Waals surface area (Å²) in [6.07, 6.45) is 0.536. The molecule has 0 bridgehead atoms. The second-order valence-corrected chi connectivity index (χ2v) is 3.21. The van der Waals surface area contributed by atoms with Crippen molar-refractivity contribution in [3.63, 3.8) is 0 Å². The van der Waals surface area contributed by atoms with Crippen LogP contribution in [0.1, 0.15) is 19.3 Å². The first-order valence-electron chi connectivity index (χ1n) is 4.30. The summed E-state index contributed by atoms with van der Waals surface area (Å²) in [5.74, 6) is -1.15. The van der Waals surface area contributed by atoms with Crippen LogP contribution in [0.3, 0.4) is 0 Å². The van der Waals surface area contributed by atoms with Gasteiger partial charge in [0.1, 0.15) is 0 Å². The molecule has 1 amide bonds. The Kier molecular flexibility index (Phi) is 3.25. The number of hydrogen-bond donors (Lipinski definition) is 3. The van der Waals surface area contributed by atoms with Crippen molar-refractivity contribution < 1.29 is 19.8 Å². The highest BCUT2D eigenvalue weighted by Crippen LogP contribution is 2.28. The summed E-state index contributed by atoms with van der Waals surface area (Å²) in [6, 6.07) is 0. The zero-order valence-electron chi connectivity index (χ0n) is 7.19. The molecule has 0 aromatic rings. The number of amides is 1. The van der Waals surface area contributed by atoms with Gasteiger partial charge in [0.25, 0.3) is 0 Å². The van der Waals surface area contributed by atoms with Gasteiger partial charge < -0.3 is 15.5 Å². The first kappa shape index (κ1) is 9.98. The van der Waals surface area contributed by atoms with Crippen molar-refractivity contribution in [2.45, 2.75) is 25.4 Å². The fraction of sp³-hybridized carbons (Fsp3) is 0.750. The van der Waals surface area contributed by atoms with Gasteiger partial charge in [-0.15, -0.1) is 0 Å². The second kappa shape index (κ2) is 4.23. The van der Waals surface area contributed by atoms with E-state index in [4.69, 9.17) is 10.2 Å². The molecule has 1 aliphatic carbocycles. The van der Waals surface area contributed by atoms with Crippen LogP contribution < -0.4 is 5.32 Å². The van der Waals surface area contributed by atoms with Gasteiger partial charge in [0.2, 0.25) is 5.91 Å². The van der Waals surface area contributed by atoms with Crippen molar-refractivity contribution in [1.82, 2.24) is 5.32 Å². The molecule has 0 heterocycles. The van der Waals surface area contributed by atoms with Gasteiger partial charge in [-0.1, -0.05) is 0 Å². The van der Waals surface area contributed by atoms with Crippen molar-refractivity contribution in [3.8, 4) is 0 Å². The predicted molar refractivity (Wildman–Crippen MR) is 44.0 cm³/mol. The molecule has 1 rings (SSSR count). The van der Waals surface area contributed by atoms with E-state index in [9.17, 15) is 9.59 Å². The minimum atomic E-state index is -1.38. The Bertz CT molecular complexity index is 212. The number of carboxylic acids is 1. The van der Waals surface area contributed by atoms with Gasteiger partial charge in [-0.2, -0.15) is 0 Å². The van der Waals surface area contributed by atoms with E-state index in [2.05, 4.69) is 5.32 Å². The maximum Gasteiger partial charge on any atom is 0.332 e. The molecule has 0 radical (unpaired) electrons. The summed E-state index contributed by atoms with van der Waals surface area (Å²) in [5, 5.41) is 19.7. The largest absolute Gasteiger partial charge is 0.479 e. The molecule has 0 spiro atoms. The van der Waals surface area contributed by atoms with Gasteiger partial charge in [-0.25, -0.2) is 4.79 Å². The van der Waals surface area contributed by atoms with Crippen LogP contribution in [-0.2, 0) is 9.59 Å². The molecule has 1 atom stereocenters. The summed E-state index contributed by atoms with van der Waals surface area (Å²) in [5.41, 5.74) is 0. The van der Waals surface area contributed by atoms with E-state index >= 15 is 0 Å². The fourth-order valence-electron chi connectivity index (χ4n) is 0.945. The number of aliphatic carboxylic acids is 1. The van der Waals surface area contributed by atoms with Crippen LogP contribution in [0.4, 0.5) is 0 Å². The monoisotopic (exact) mass is 187 g/mol. The summed E-state index contributed by atoms with van der Waals surface area (Å²) in [4.78, 5) is 21.2. The molecule has 3 N–H and O–H groups in total. The highest BCUT2D eigenvalue weighted by atomic mass is 16.4. The van der Waals surface area contributed by atoms with Crippen molar-refractivity contribution in [2.75, 3.05) is 6.54 Å². The third-order valence-corrected chi connectivity index (χ3v) is 1.95. The molecular weight excluding hydrogens is 174 g/mol. The molecule has 1 saturated carbocycles. The molecule has 0 aliphatic heterocycles. The molecule has 0 aromatic carbocycles. The number of carbonyl (C=O) groups is 2. The van der Waals surface area contributed by atoms with E-state index in [-0.39, 0.29) is 24.8 Å². The lowest BCUT2D eigenvalue weighted by molar-refractivity contribution is -0.147. The summed E-state index contributed by atoms with van der Waals surface area (Å²) < 4.78 is 0. The smallest absolute Gasteiger partial charge is 0.332 e. The summed E-state index contributed by atoms with van der Waals surface area (Å²) in [6.45, 7) is 0.225. The Balaban J connectivity index is 2.05. The molecule has 5 heteroatoms. The number of aliphatic hydroxyl groups excluding tert-OH is 1. The van der Waals surface area contributed by atoms with E-state index in [0.29, 0.717) is 0 Å². The number of carboxylic acid groups (broad SMARTS) is 1. The Morgan fingerprint density at radius 3 is 2.54 bits per heavy atom. The predicted octanol–water partition coefficient (Wildman–Crippen LogP) is -0.652. The Hall–Kier alpha value is -1.10. The van der Waals surface area contributed by atoms with Crippen LogP contribution in [0.2, 0.25) is 0 Å². The first-order valence-corrected chi connectivity index (χ1v) is 4.30. The van der Waals surface area contributed by atoms with Gasteiger partial charge in [-0.3, -0.25) is 4.79 Å². The van der Waals surface area contributed by atoms with Gasteiger partial charge in [0.05, 0.1) is 0 Å². The lowest BCUT2D eigenvalue weighted by Gasteiger charge is -2.06. The third kappa shape index (κ3) is 3.42. The molecule has 1 aliphatic rings. The lowest BCUT2D eigenvalue weighted by Crippen LogP contribution is -2.30. The van der Waals surface area contributed by atoms with Crippen molar-refractivity contribution >= 4 is 11.9 Å². The van der Waals surface area contributed by atoms with E-state index in [1.165, 1.54) is 0 Å². The van der Waals surface area contributed by atoms with Crippen LogP contribution >= 0.6 is 0 Å². The minimum Gasteiger partial charge on any atom is -0.479 e. The summed E-state index contributed by atoms with van der Waals surface area (Å²) in [7, 11) is 0. The number of hydrogen-bond acceptors (Lipinski definition) is 3. The topological polar surface area (TPSA) is 86.6 Å². The maximum atomic E-state index is 11.0. The van der Waals surface area contributed by atoms with Crippen LogP contribution in [-0.4, -0.2) is 34.7 Å². The molecule has 0 saturated heterocycles. The van der Waals surface area contributed by atoms with E-state index < -0.39 is 12.1 Å². The molecule has 13 heavy (non-hydrogen) atoms. The van der Waals surface area contributed by atoms with Gasteiger partial charge in [0.15, 0.2) is 6.10 Å². The third-order valence-electron chi connectivity index (χ3n) is 1.95. The maximum absolute atomic E-state index is 11.0. The van der Waals surface area contributed by atoms with Crippen LogP contribution in [0.5, 0.6) is 0 Å². The van der Waals surface area contributed by atoms with Crippen molar-refractivity contribution in [2.24, 2.45) is 5.92 Å². The second-order valence-electron chi connectivity index (χ2n) is 3.21. The molecule has 5 nitrogen and oxygen atoms in total. The SMILES string of the molecule is O=C(NCC[C@H](O)C(=O)O)C1CC1. The van der Waals surface area contributed by atoms with Gasteiger partial charge in [0, 0.05) is 18.9 Å². The zero-order chi connectivity index (χ0) is 9.84. The minimum absolute atomic E-state index is 0.0300. The Labute approximate surface area is 75.7 Å². The standard InChI is InChI=1S/C8H13NO4/c10-6(8(12)13)3-4-9-7(11)5-1-2-5/h5-6,10H,1-4H2,(H,9,11)(H,12,13)/t6-/m0/s1. The fourth-order valence-corrected chi connectivity index (χ4v) is 0.945. The molecule has 0 unspecified atom stereocenters. The van der Waals surface area contributed by atoms with Crippen LogP contribution in [0, 0.1) is 5.92 Å². The average Bonchev–Trinajstić information content (AvgIpc) is 2.85. The van der Waals surface area contributed by atoms with Crippen molar-refractivity contribution in [1.29, 1.82) is 0 Å². The Morgan fingerprint density at radius 1 is 1.46 bits per heavy atom. The number of nitrogens with one attached hydrogen (secondary N) is 1. The van der Waals surface area contributed by atoms with Crippen LogP contribution in [0.25, 0.3) is 0 Å². The molecule has 1 fully saturated rings. The highest BCUT2D eigenvalue weighted by Gasteiger charge is 2.29. The zero-order valence-corrected chi connectivity index (χ0v) is 7.19. The molecular formula is C8H13NO4. The average molecular weight is 187 g/mol. The van der Waals surface area contributed by atoms with Gasteiger partial charge in [-0.05, 0) is 12.8 Å². The number of aliphatic hydroxyl groups is 1. The van der Waals surface area contributed by atoms with Crippen molar-refractivity contribution in [3.05, 3.63) is 0 Å². The number of rotatable bonds is 5. The van der Waals surface area contributed by atoms with E-state index in [0.717, 1.165) is 12.8 Å². The van der Waals surface area contributed by atoms with Gasteiger partial charge >= 0.3 is 5.97 Å².